The van der Waals surface area contributed by atoms with Crippen LogP contribution in [0.15, 0.2) is 18.2 Å². The molecule has 0 aliphatic carbocycles. The summed E-state index contributed by atoms with van der Waals surface area (Å²) in [6.45, 7) is 4.21. The summed E-state index contributed by atoms with van der Waals surface area (Å²) in [6.07, 6.45) is 0. The first-order valence-electron chi connectivity index (χ1n) is 4.15. The zero-order chi connectivity index (χ0) is 9.14. The van der Waals surface area contributed by atoms with Crippen LogP contribution in [0, 0.1) is 0 Å². The summed E-state index contributed by atoms with van der Waals surface area (Å²) in [5, 5.41) is 12.3. The third-order valence-electron chi connectivity index (χ3n) is 1.90. The summed E-state index contributed by atoms with van der Waals surface area (Å²) in [6, 6.07) is 5.56. The Balaban J connectivity index is 3.06. The highest BCUT2D eigenvalue weighted by Gasteiger charge is 2.02. The van der Waals surface area contributed by atoms with E-state index in [0.717, 1.165) is 11.3 Å². The molecular formula is C10H15NO. The molecule has 2 heteroatoms. The van der Waals surface area contributed by atoms with Gasteiger partial charge in [0, 0.05) is 18.8 Å². The third kappa shape index (κ3) is 1.91. The molecule has 0 aromatic heterocycles. The van der Waals surface area contributed by atoms with Gasteiger partial charge in [0.1, 0.15) is 5.75 Å². The standard InChI is InChI=1S/C10H15NO/c1-7(2)8-4-9(11-3)6-10(12)5-8/h4-7,11-12H,1-3H3. The third-order valence-corrected chi connectivity index (χ3v) is 1.90. The highest BCUT2D eigenvalue weighted by atomic mass is 16.3. The zero-order valence-electron chi connectivity index (χ0n) is 7.76. The van der Waals surface area contributed by atoms with Crippen LogP contribution in [-0.4, -0.2) is 12.2 Å². The van der Waals surface area contributed by atoms with Gasteiger partial charge in [0.25, 0.3) is 0 Å². The minimum absolute atomic E-state index is 0.325. The largest absolute Gasteiger partial charge is 0.508 e. The number of aromatic hydroxyl groups is 1. The van der Waals surface area contributed by atoms with E-state index in [9.17, 15) is 5.11 Å². The number of nitrogens with one attached hydrogen (secondary N) is 1. The summed E-state index contributed by atoms with van der Waals surface area (Å²) in [7, 11) is 1.85. The van der Waals surface area contributed by atoms with E-state index in [1.165, 1.54) is 0 Å². The van der Waals surface area contributed by atoms with E-state index in [1.807, 2.05) is 13.1 Å². The van der Waals surface area contributed by atoms with Crippen molar-refractivity contribution in [2.24, 2.45) is 0 Å². The van der Waals surface area contributed by atoms with Crippen molar-refractivity contribution < 1.29 is 5.11 Å². The monoisotopic (exact) mass is 165 g/mol. The molecule has 0 radical (unpaired) electrons. The minimum Gasteiger partial charge on any atom is -0.508 e. The Morgan fingerprint density at radius 1 is 1.25 bits per heavy atom. The van der Waals surface area contributed by atoms with Crippen LogP contribution in [0.1, 0.15) is 25.3 Å². The first-order valence-corrected chi connectivity index (χ1v) is 4.15. The Morgan fingerprint density at radius 2 is 1.92 bits per heavy atom. The van der Waals surface area contributed by atoms with E-state index in [2.05, 4.69) is 19.2 Å². The maximum absolute atomic E-state index is 9.33. The molecule has 0 unspecified atom stereocenters. The van der Waals surface area contributed by atoms with Crippen LogP contribution in [0.5, 0.6) is 5.75 Å². The fourth-order valence-electron chi connectivity index (χ4n) is 1.11. The molecule has 1 rings (SSSR count). The van der Waals surface area contributed by atoms with Gasteiger partial charge in [0.05, 0.1) is 0 Å². The number of hydrogen-bond donors (Lipinski definition) is 2. The van der Waals surface area contributed by atoms with Crippen molar-refractivity contribution in [3.63, 3.8) is 0 Å². The lowest BCUT2D eigenvalue weighted by Crippen LogP contribution is -1.92. The van der Waals surface area contributed by atoms with E-state index >= 15 is 0 Å². The first-order chi connectivity index (χ1) is 5.63. The predicted molar refractivity (Wildman–Crippen MR) is 51.7 cm³/mol. The van der Waals surface area contributed by atoms with Crippen LogP contribution in [0.25, 0.3) is 0 Å². The van der Waals surface area contributed by atoms with Crippen molar-refractivity contribution in [2.75, 3.05) is 12.4 Å². The Kier molecular flexibility index (Phi) is 2.58. The molecule has 1 aromatic rings. The average Bonchev–Trinajstić information content (AvgIpc) is 2.03. The van der Waals surface area contributed by atoms with Crippen LogP contribution >= 0.6 is 0 Å². The number of anilines is 1. The average molecular weight is 165 g/mol. The Labute approximate surface area is 73.2 Å². The number of phenolic OH excluding ortho intramolecular Hbond substituents is 1. The molecule has 2 nitrogen and oxygen atoms in total. The quantitative estimate of drug-likeness (QED) is 0.705. The lowest BCUT2D eigenvalue weighted by atomic mass is 10.0. The molecule has 0 bridgehead atoms. The Morgan fingerprint density at radius 3 is 2.42 bits per heavy atom. The van der Waals surface area contributed by atoms with Gasteiger partial charge in [-0.3, -0.25) is 0 Å². The molecule has 2 N–H and O–H groups in total. The molecule has 66 valence electrons. The molecule has 0 saturated heterocycles. The smallest absolute Gasteiger partial charge is 0.117 e. The maximum atomic E-state index is 9.33. The van der Waals surface area contributed by atoms with Crippen molar-refractivity contribution >= 4 is 5.69 Å². The minimum atomic E-state index is 0.325. The van der Waals surface area contributed by atoms with Gasteiger partial charge in [0.15, 0.2) is 0 Å². The summed E-state index contributed by atoms with van der Waals surface area (Å²) in [5.74, 6) is 0.773. The molecule has 12 heavy (non-hydrogen) atoms. The molecular weight excluding hydrogens is 150 g/mol. The van der Waals surface area contributed by atoms with Gasteiger partial charge >= 0.3 is 0 Å². The molecule has 0 spiro atoms. The molecule has 0 saturated carbocycles. The fraction of sp³-hybridized carbons (Fsp3) is 0.400. The molecule has 0 atom stereocenters. The Hall–Kier alpha value is -1.18. The Bertz CT molecular complexity index is 269. The van der Waals surface area contributed by atoms with Crippen LogP contribution in [0.4, 0.5) is 5.69 Å². The van der Waals surface area contributed by atoms with Crippen molar-refractivity contribution in [3.8, 4) is 5.75 Å². The molecule has 1 aromatic carbocycles. The van der Waals surface area contributed by atoms with Gasteiger partial charge in [-0.05, 0) is 23.6 Å². The van der Waals surface area contributed by atoms with E-state index in [4.69, 9.17) is 0 Å². The second kappa shape index (κ2) is 3.48. The van der Waals surface area contributed by atoms with Gasteiger partial charge in [-0.2, -0.15) is 0 Å². The van der Waals surface area contributed by atoms with Crippen molar-refractivity contribution in [1.29, 1.82) is 0 Å². The molecule has 0 amide bonds. The van der Waals surface area contributed by atoms with Gasteiger partial charge in [-0.1, -0.05) is 13.8 Å². The van der Waals surface area contributed by atoms with E-state index in [1.54, 1.807) is 12.1 Å². The number of phenols is 1. The van der Waals surface area contributed by atoms with Crippen LogP contribution in [0.3, 0.4) is 0 Å². The van der Waals surface area contributed by atoms with E-state index < -0.39 is 0 Å². The van der Waals surface area contributed by atoms with Gasteiger partial charge in [-0.25, -0.2) is 0 Å². The van der Waals surface area contributed by atoms with Crippen molar-refractivity contribution in [1.82, 2.24) is 0 Å². The van der Waals surface area contributed by atoms with Gasteiger partial charge in [-0.15, -0.1) is 0 Å². The summed E-state index contributed by atoms with van der Waals surface area (Å²) >= 11 is 0. The SMILES string of the molecule is CNc1cc(O)cc(C(C)C)c1. The van der Waals surface area contributed by atoms with Gasteiger partial charge < -0.3 is 10.4 Å². The summed E-state index contributed by atoms with van der Waals surface area (Å²) in [5.41, 5.74) is 2.11. The molecule has 0 aliphatic rings. The number of hydrogen-bond acceptors (Lipinski definition) is 2. The van der Waals surface area contributed by atoms with Crippen molar-refractivity contribution in [3.05, 3.63) is 23.8 Å². The second-order valence-electron chi connectivity index (χ2n) is 3.22. The zero-order valence-corrected chi connectivity index (χ0v) is 7.76. The molecule has 0 heterocycles. The fourth-order valence-corrected chi connectivity index (χ4v) is 1.11. The lowest BCUT2D eigenvalue weighted by Gasteiger charge is -2.08. The first kappa shape index (κ1) is 8.91. The second-order valence-corrected chi connectivity index (χ2v) is 3.22. The lowest BCUT2D eigenvalue weighted by molar-refractivity contribution is 0.474. The summed E-state index contributed by atoms with van der Waals surface area (Å²) in [4.78, 5) is 0. The molecule has 0 aliphatic heterocycles. The van der Waals surface area contributed by atoms with Crippen molar-refractivity contribution in [2.45, 2.75) is 19.8 Å². The molecule has 0 fully saturated rings. The highest BCUT2D eigenvalue weighted by molar-refractivity contribution is 5.51. The van der Waals surface area contributed by atoms with Crippen LogP contribution < -0.4 is 5.32 Å². The summed E-state index contributed by atoms with van der Waals surface area (Å²) < 4.78 is 0. The number of rotatable bonds is 2. The topological polar surface area (TPSA) is 32.3 Å². The normalized spacial score (nSPS) is 10.3. The van der Waals surface area contributed by atoms with Gasteiger partial charge in [0.2, 0.25) is 0 Å². The number of benzene rings is 1. The van der Waals surface area contributed by atoms with E-state index in [-0.39, 0.29) is 0 Å². The predicted octanol–water partition coefficient (Wildman–Crippen LogP) is 2.56. The maximum Gasteiger partial charge on any atom is 0.117 e. The van der Waals surface area contributed by atoms with Crippen LogP contribution in [-0.2, 0) is 0 Å². The van der Waals surface area contributed by atoms with Crippen LogP contribution in [0.2, 0.25) is 0 Å². The highest BCUT2D eigenvalue weighted by Crippen LogP contribution is 2.24. The van der Waals surface area contributed by atoms with E-state index in [0.29, 0.717) is 11.7 Å².